The van der Waals surface area contributed by atoms with E-state index in [2.05, 4.69) is 68.5 Å². The SMILES string of the molecule is O=C(NCc1ccc(N2CCN(c3ccccc3)CC2)cc1)C(=Cc1ccc(C(F)(F)F)cc1)[C@H](Cc1ccccc1)C(=O)N1CCN(Cc2ccccc2)CC1. The molecule has 0 aliphatic carbocycles. The number of amides is 2. The first-order chi connectivity index (χ1) is 27.7. The van der Waals surface area contributed by atoms with Crippen molar-refractivity contribution in [3.8, 4) is 0 Å². The van der Waals surface area contributed by atoms with Gasteiger partial charge in [0.15, 0.2) is 0 Å². The summed E-state index contributed by atoms with van der Waals surface area (Å²) in [5.41, 5.74) is 5.15. The van der Waals surface area contributed by atoms with Gasteiger partial charge in [-0.1, -0.05) is 103 Å². The molecule has 1 atom stereocenters. The minimum absolute atomic E-state index is 0.178. The van der Waals surface area contributed by atoms with Gasteiger partial charge in [0.1, 0.15) is 0 Å². The fraction of sp³-hybridized carbons (Fsp3) is 0.277. The van der Waals surface area contributed by atoms with E-state index in [1.54, 1.807) is 6.08 Å². The largest absolute Gasteiger partial charge is 0.416 e. The van der Waals surface area contributed by atoms with Gasteiger partial charge in [0, 0.05) is 82.4 Å². The van der Waals surface area contributed by atoms with Crippen LogP contribution >= 0.6 is 0 Å². The number of halogens is 3. The lowest BCUT2D eigenvalue weighted by Crippen LogP contribution is -2.51. The van der Waals surface area contributed by atoms with E-state index in [4.69, 9.17) is 0 Å². The number of hydrogen-bond donors (Lipinski definition) is 1. The monoisotopic (exact) mass is 771 g/mol. The fourth-order valence-electron chi connectivity index (χ4n) is 7.61. The third-order valence-electron chi connectivity index (χ3n) is 10.9. The Morgan fingerprint density at radius 2 is 1.12 bits per heavy atom. The fourth-order valence-corrected chi connectivity index (χ4v) is 7.61. The van der Waals surface area contributed by atoms with Crippen LogP contribution in [-0.2, 0) is 35.3 Å². The van der Waals surface area contributed by atoms with Crippen molar-refractivity contribution in [1.82, 2.24) is 15.1 Å². The molecule has 0 saturated carbocycles. The van der Waals surface area contributed by atoms with Crippen molar-refractivity contribution < 1.29 is 22.8 Å². The quantitative estimate of drug-likeness (QED) is 0.131. The molecule has 1 N–H and O–H groups in total. The Balaban J connectivity index is 1.08. The van der Waals surface area contributed by atoms with Crippen molar-refractivity contribution >= 4 is 29.3 Å². The molecule has 2 aliphatic heterocycles. The van der Waals surface area contributed by atoms with Crippen molar-refractivity contribution in [2.45, 2.75) is 25.7 Å². The average Bonchev–Trinajstić information content (AvgIpc) is 3.25. The first-order valence-corrected chi connectivity index (χ1v) is 19.6. The van der Waals surface area contributed by atoms with Gasteiger partial charge in [0.05, 0.1) is 11.5 Å². The standard InChI is InChI=1S/C47H48F3N5O2/c48-47(49,50)40-20-16-37(17-21-40)32-43(45(56)51-34-38-18-22-42(23-19-38)54-30-28-53(29-31-54)41-14-8-3-9-15-41)44(33-36-10-4-1-5-11-36)46(57)55-26-24-52(25-27-55)35-39-12-6-2-7-13-39/h1-23,32,44H,24-31,33-35H2,(H,51,56)/t44-/m0/s1. The summed E-state index contributed by atoms with van der Waals surface area (Å²) in [5, 5.41) is 3.05. The van der Waals surface area contributed by atoms with Crippen LogP contribution in [0.1, 0.15) is 27.8 Å². The molecule has 2 heterocycles. The third-order valence-corrected chi connectivity index (χ3v) is 10.9. The topological polar surface area (TPSA) is 59.1 Å². The van der Waals surface area contributed by atoms with E-state index in [1.165, 1.54) is 23.4 Å². The van der Waals surface area contributed by atoms with E-state index >= 15 is 0 Å². The Bertz CT molecular complexity index is 2080. The second-order valence-corrected chi connectivity index (χ2v) is 14.7. The van der Waals surface area contributed by atoms with Crippen molar-refractivity contribution in [3.05, 3.63) is 173 Å². The normalized spacial score (nSPS) is 16.0. The number of carbonyl (C=O) groups is 2. The van der Waals surface area contributed by atoms with Gasteiger partial charge < -0.3 is 20.0 Å². The number of rotatable bonds is 12. The summed E-state index contributed by atoms with van der Waals surface area (Å²) < 4.78 is 40.4. The lowest BCUT2D eigenvalue weighted by molar-refractivity contribution is -0.138. The molecule has 0 unspecified atom stereocenters. The van der Waals surface area contributed by atoms with Gasteiger partial charge >= 0.3 is 6.18 Å². The van der Waals surface area contributed by atoms with Crippen LogP contribution in [0.2, 0.25) is 0 Å². The first-order valence-electron chi connectivity index (χ1n) is 19.6. The molecule has 5 aromatic carbocycles. The number of para-hydroxylation sites is 1. The van der Waals surface area contributed by atoms with Gasteiger partial charge in [0.25, 0.3) is 0 Å². The Kier molecular flexibility index (Phi) is 12.7. The summed E-state index contributed by atoms with van der Waals surface area (Å²) in [6.45, 7) is 6.98. The highest BCUT2D eigenvalue weighted by Gasteiger charge is 2.34. The number of piperazine rings is 2. The molecular weight excluding hydrogens is 724 g/mol. The van der Waals surface area contributed by atoms with Gasteiger partial charge in [-0.15, -0.1) is 0 Å². The van der Waals surface area contributed by atoms with E-state index in [0.717, 1.165) is 61.7 Å². The highest BCUT2D eigenvalue weighted by molar-refractivity contribution is 6.04. The molecule has 294 valence electrons. The maximum absolute atomic E-state index is 14.6. The zero-order valence-electron chi connectivity index (χ0n) is 32.0. The summed E-state index contributed by atoms with van der Waals surface area (Å²) in [6.07, 6.45) is -2.66. The Hall–Kier alpha value is -5.87. The van der Waals surface area contributed by atoms with Crippen molar-refractivity contribution in [1.29, 1.82) is 0 Å². The molecule has 2 saturated heterocycles. The third kappa shape index (κ3) is 10.5. The van der Waals surface area contributed by atoms with E-state index in [-0.39, 0.29) is 24.4 Å². The Morgan fingerprint density at radius 1 is 0.596 bits per heavy atom. The maximum atomic E-state index is 14.6. The molecular formula is C47H48F3N5O2. The number of alkyl halides is 3. The van der Waals surface area contributed by atoms with Crippen molar-refractivity contribution in [3.63, 3.8) is 0 Å². The Labute approximate surface area is 333 Å². The smallest absolute Gasteiger partial charge is 0.368 e. The predicted molar refractivity (Wildman–Crippen MR) is 221 cm³/mol. The minimum Gasteiger partial charge on any atom is -0.368 e. The molecule has 0 radical (unpaired) electrons. The lowest BCUT2D eigenvalue weighted by atomic mass is 9.88. The molecule has 10 heteroatoms. The van der Waals surface area contributed by atoms with Crippen molar-refractivity contribution in [2.24, 2.45) is 5.92 Å². The molecule has 0 aromatic heterocycles. The van der Waals surface area contributed by atoms with Gasteiger partial charge in [-0.05, 0) is 71.1 Å². The molecule has 0 spiro atoms. The van der Waals surface area contributed by atoms with Gasteiger partial charge in [-0.2, -0.15) is 13.2 Å². The van der Waals surface area contributed by atoms with Crippen LogP contribution < -0.4 is 15.1 Å². The van der Waals surface area contributed by atoms with Crippen LogP contribution in [0.4, 0.5) is 24.5 Å². The highest BCUT2D eigenvalue weighted by Crippen LogP contribution is 2.31. The average molecular weight is 772 g/mol. The first kappa shape index (κ1) is 39.4. The molecule has 2 amide bonds. The van der Waals surface area contributed by atoms with Gasteiger partial charge in [0.2, 0.25) is 11.8 Å². The van der Waals surface area contributed by atoms with E-state index in [9.17, 15) is 22.8 Å². The zero-order valence-corrected chi connectivity index (χ0v) is 32.0. The van der Waals surface area contributed by atoms with Gasteiger partial charge in [-0.3, -0.25) is 14.5 Å². The Morgan fingerprint density at radius 3 is 1.68 bits per heavy atom. The van der Waals surface area contributed by atoms with Crippen LogP contribution in [-0.4, -0.2) is 74.0 Å². The molecule has 57 heavy (non-hydrogen) atoms. The van der Waals surface area contributed by atoms with Crippen molar-refractivity contribution in [2.75, 3.05) is 62.2 Å². The molecule has 2 aliphatic rings. The van der Waals surface area contributed by atoms with E-state index < -0.39 is 23.6 Å². The van der Waals surface area contributed by atoms with Crippen LogP contribution in [0.25, 0.3) is 6.08 Å². The summed E-state index contributed by atoms with van der Waals surface area (Å²) >= 11 is 0. The number of nitrogens with one attached hydrogen (secondary N) is 1. The minimum atomic E-state index is -4.50. The summed E-state index contributed by atoms with van der Waals surface area (Å²) in [7, 11) is 0. The number of benzene rings is 5. The lowest BCUT2D eigenvalue weighted by Gasteiger charge is -2.37. The second-order valence-electron chi connectivity index (χ2n) is 14.7. The zero-order chi connectivity index (χ0) is 39.6. The van der Waals surface area contributed by atoms with Crippen LogP contribution in [0.15, 0.2) is 145 Å². The maximum Gasteiger partial charge on any atom is 0.416 e. The summed E-state index contributed by atoms with van der Waals surface area (Å²) in [5.74, 6) is -1.48. The predicted octanol–water partition coefficient (Wildman–Crippen LogP) is 7.94. The number of carbonyl (C=O) groups excluding carboxylic acids is 2. The van der Waals surface area contributed by atoms with E-state index in [0.29, 0.717) is 31.7 Å². The number of hydrogen-bond acceptors (Lipinski definition) is 5. The molecule has 0 bridgehead atoms. The second kappa shape index (κ2) is 18.4. The van der Waals surface area contributed by atoms with Crippen LogP contribution in [0, 0.1) is 5.92 Å². The molecule has 7 nitrogen and oxygen atoms in total. The summed E-state index contributed by atoms with van der Waals surface area (Å²) in [4.78, 5) is 37.8. The van der Waals surface area contributed by atoms with E-state index in [1.807, 2.05) is 71.6 Å². The summed E-state index contributed by atoms with van der Waals surface area (Å²) in [6, 6.07) is 43.0. The highest BCUT2D eigenvalue weighted by atomic mass is 19.4. The van der Waals surface area contributed by atoms with Gasteiger partial charge in [-0.25, -0.2) is 0 Å². The molecule has 5 aromatic rings. The molecule has 2 fully saturated rings. The molecule has 7 rings (SSSR count). The number of nitrogens with zero attached hydrogens (tertiary/aromatic N) is 4. The van der Waals surface area contributed by atoms with Crippen LogP contribution in [0.3, 0.4) is 0 Å². The van der Waals surface area contributed by atoms with Crippen LogP contribution in [0.5, 0.6) is 0 Å². The number of anilines is 2.